The molecule has 0 aliphatic carbocycles. The number of nitrogens with two attached hydrogens (primary N) is 1. The smallest absolute Gasteiger partial charge is 0.240 e. The number of nitrogens with zero attached hydrogens (tertiary/aromatic N) is 2. The zero-order valence-electron chi connectivity index (χ0n) is 10.4. The van der Waals surface area contributed by atoms with Crippen LogP contribution in [0, 0.1) is 5.92 Å². The van der Waals surface area contributed by atoms with E-state index in [0.29, 0.717) is 6.54 Å². The minimum absolute atomic E-state index is 0.0505. The van der Waals surface area contributed by atoms with Crippen LogP contribution in [0.5, 0.6) is 0 Å². The second-order valence-electron chi connectivity index (χ2n) is 4.89. The molecule has 4 heteroatoms. The summed E-state index contributed by atoms with van der Waals surface area (Å²) in [6, 6.07) is 3.55. The fourth-order valence-electron chi connectivity index (χ4n) is 2.05. The van der Waals surface area contributed by atoms with Crippen molar-refractivity contribution in [3.8, 4) is 0 Å². The molecule has 4 nitrogen and oxygen atoms in total. The summed E-state index contributed by atoms with van der Waals surface area (Å²) in [4.78, 5) is 18.3. The average Bonchev–Trinajstić information content (AvgIpc) is 2.36. The van der Waals surface area contributed by atoms with Crippen LogP contribution in [0.25, 0.3) is 0 Å². The quantitative estimate of drug-likeness (QED) is 0.827. The maximum atomic E-state index is 12.1. The molecular formula is C13H19N3O. The molecular weight excluding hydrogens is 214 g/mol. The van der Waals surface area contributed by atoms with Gasteiger partial charge in [0.15, 0.2) is 0 Å². The van der Waals surface area contributed by atoms with E-state index in [1.165, 1.54) is 0 Å². The van der Waals surface area contributed by atoms with Gasteiger partial charge in [0, 0.05) is 31.4 Å². The molecule has 2 heterocycles. The molecule has 0 aromatic carbocycles. The van der Waals surface area contributed by atoms with E-state index in [1.807, 2.05) is 30.9 Å². The summed E-state index contributed by atoms with van der Waals surface area (Å²) >= 11 is 0. The fourth-order valence-corrected chi connectivity index (χ4v) is 2.05. The van der Waals surface area contributed by atoms with Crippen molar-refractivity contribution in [3.63, 3.8) is 0 Å². The van der Waals surface area contributed by atoms with Crippen LogP contribution >= 0.6 is 0 Å². The van der Waals surface area contributed by atoms with Crippen molar-refractivity contribution < 1.29 is 4.79 Å². The molecule has 1 aliphatic rings. The van der Waals surface area contributed by atoms with E-state index in [1.54, 1.807) is 6.20 Å². The maximum Gasteiger partial charge on any atom is 0.240 e. The second-order valence-corrected chi connectivity index (χ2v) is 4.89. The summed E-state index contributed by atoms with van der Waals surface area (Å²) in [6.07, 6.45) is 2.63. The average molecular weight is 233 g/mol. The van der Waals surface area contributed by atoms with Gasteiger partial charge >= 0.3 is 0 Å². The lowest BCUT2D eigenvalue weighted by atomic mass is 10.0. The molecule has 1 atom stereocenters. The number of carbonyl (C=O) groups is 1. The van der Waals surface area contributed by atoms with Gasteiger partial charge in [-0.25, -0.2) is 0 Å². The Labute approximate surface area is 102 Å². The highest BCUT2D eigenvalue weighted by atomic mass is 16.2. The van der Waals surface area contributed by atoms with Gasteiger partial charge in [-0.1, -0.05) is 19.9 Å². The first-order valence-corrected chi connectivity index (χ1v) is 6.06. The predicted octanol–water partition coefficient (Wildman–Crippen LogP) is 0.950. The molecule has 1 unspecified atom stereocenters. The van der Waals surface area contributed by atoms with Crippen LogP contribution < -0.4 is 5.73 Å². The van der Waals surface area contributed by atoms with E-state index in [9.17, 15) is 4.79 Å². The Balaban J connectivity index is 2.10. The SMILES string of the molecule is CC(C)C(N)C(=O)N1CCc2ncccc2C1. The molecule has 17 heavy (non-hydrogen) atoms. The molecule has 1 amide bonds. The molecule has 0 radical (unpaired) electrons. The molecule has 0 saturated heterocycles. The standard InChI is InChI=1S/C13H19N3O/c1-9(2)12(14)13(17)16-7-5-11-10(8-16)4-3-6-15-11/h3-4,6,9,12H,5,7-8,14H2,1-2H3. The molecule has 0 saturated carbocycles. The highest BCUT2D eigenvalue weighted by Gasteiger charge is 2.26. The summed E-state index contributed by atoms with van der Waals surface area (Å²) in [5.74, 6) is 0.229. The Morgan fingerprint density at radius 3 is 3.00 bits per heavy atom. The third-order valence-electron chi connectivity index (χ3n) is 3.28. The van der Waals surface area contributed by atoms with Gasteiger partial charge in [-0.2, -0.15) is 0 Å². The Morgan fingerprint density at radius 2 is 2.29 bits per heavy atom. The van der Waals surface area contributed by atoms with Crippen molar-refractivity contribution in [1.82, 2.24) is 9.88 Å². The highest BCUT2D eigenvalue weighted by molar-refractivity contribution is 5.82. The number of hydrogen-bond donors (Lipinski definition) is 1. The number of carbonyl (C=O) groups excluding carboxylic acids is 1. The van der Waals surface area contributed by atoms with Gasteiger partial charge in [0.1, 0.15) is 0 Å². The van der Waals surface area contributed by atoms with E-state index in [0.717, 1.165) is 24.2 Å². The largest absolute Gasteiger partial charge is 0.337 e. The number of aromatic nitrogens is 1. The van der Waals surface area contributed by atoms with E-state index >= 15 is 0 Å². The second kappa shape index (κ2) is 4.84. The molecule has 0 spiro atoms. The Hall–Kier alpha value is -1.42. The van der Waals surface area contributed by atoms with Crippen LogP contribution in [-0.4, -0.2) is 28.4 Å². The van der Waals surface area contributed by atoms with Crippen LogP contribution in [0.1, 0.15) is 25.1 Å². The summed E-state index contributed by atoms with van der Waals surface area (Å²) in [7, 11) is 0. The van der Waals surface area contributed by atoms with Crippen LogP contribution in [-0.2, 0) is 17.8 Å². The molecule has 2 rings (SSSR count). The number of pyridine rings is 1. The zero-order chi connectivity index (χ0) is 12.4. The molecule has 1 aromatic heterocycles. The molecule has 1 aromatic rings. The zero-order valence-corrected chi connectivity index (χ0v) is 10.4. The molecule has 0 fully saturated rings. The van der Waals surface area contributed by atoms with Crippen LogP contribution in [0.2, 0.25) is 0 Å². The maximum absolute atomic E-state index is 12.1. The van der Waals surface area contributed by atoms with Gasteiger partial charge in [-0.15, -0.1) is 0 Å². The van der Waals surface area contributed by atoms with Crippen LogP contribution in [0.3, 0.4) is 0 Å². The van der Waals surface area contributed by atoms with Gasteiger partial charge < -0.3 is 10.6 Å². The van der Waals surface area contributed by atoms with Crippen LogP contribution in [0.15, 0.2) is 18.3 Å². The minimum Gasteiger partial charge on any atom is -0.337 e. The Bertz CT molecular complexity index is 417. The van der Waals surface area contributed by atoms with Crippen molar-refractivity contribution in [2.24, 2.45) is 11.7 Å². The monoisotopic (exact) mass is 233 g/mol. The van der Waals surface area contributed by atoms with E-state index in [2.05, 4.69) is 4.98 Å². The van der Waals surface area contributed by atoms with Crippen molar-refractivity contribution in [2.45, 2.75) is 32.9 Å². The van der Waals surface area contributed by atoms with Crippen molar-refractivity contribution in [2.75, 3.05) is 6.54 Å². The summed E-state index contributed by atoms with van der Waals surface area (Å²) < 4.78 is 0. The lowest BCUT2D eigenvalue weighted by molar-refractivity contribution is -0.134. The topological polar surface area (TPSA) is 59.2 Å². The van der Waals surface area contributed by atoms with Gasteiger partial charge in [0.2, 0.25) is 5.91 Å². The highest BCUT2D eigenvalue weighted by Crippen LogP contribution is 2.17. The van der Waals surface area contributed by atoms with Gasteiger partial charge in [0.25, 0.3) is 0 Å². The predicted molar refractivity (Wildman–Crippen MR) is 66.2 cm³/mol. The molecule has 92 valence electrons. The normalized spacial score (nSPS) is 16.8. The van der Waals surface area contributed by atoms with Gasteiger partial charge in [0.05, 0.1) is 6.04 Å². The van der Waals surface area contributed by atoms with Gasteiger partial charge in [-0.05, 0) is 17.5 Å². The van der Waals surface area contributed by atoms with Crippen molar-refractivity contribution in [1.29, 1.82) is 0 Å². The molecule has 1 aliphatic heterocycles. The summed E-state index contributed by atoms with van der Waals surface area (Å²) in [5.41, 5.74) is 8.15. The number of amides is 1. The number of fused-ring (bicyclic) bond motifs is 1. The molecule has 2 N–H and O–H groups in total. The first-order valence-electron chi connectivity index (χ1n) is 6.06. The van der Waals surface area contributed by atoms with Crippen molar-refractivity contribution >= 4 is 5.91 Å². The first kappa shape index (κ1) is 12.0. The third kappa shape index (κ3) is 2.47. The summed E-state index contributed by atoms with van der Waals surface area (Å²) in [5, 5.41) is 0. The summed E-state index contributed by atoms with van der Waals surface area (Å²) in [6.45, 7) is 5.32. The van der Waals surface area contributed by atoms with E-state index in [-0.39, 0.29) is 11.8 Å². The van der Waals surface area contributed by atoms with Crippen molar-refractivity contribution in [3.05, 3.63) is 29.6 Å². The minimum atomic E-state index is -0.395. The van der Waals surface area contributed by atoms with Gasteiger partial charge in [-0.3, -0.25) is 9.78 Å². The lowest BCUT2D eigenvalue weighted by Crippen LogP contribution is -2.48. The number of hydrogen-bond acceptors (Lipinski definition) is 3. The van der Waals surface area contributed by atoms with E-state index in [4.69, 9.17) is 5.73 Å². The third-order valence-corrected chi connectivity index (χ3v) is 3.28. The Kier molecular flexibility index (Phi) is 3.43. The molecule has 0 bridgehead atoms. The first-order chi connectivity index (χ1) is 8.09. The Morgan fingerprint density at radius 1 is 1.53 bits per heavy atom. The fraction of sp³-hybridized carbons (Fsp3) is 0.538. The van der Waals surface area contributed by atoms with Crippen LogP contribution in [0.4, 0.5) is 0 Å². The lowest BCUT2D eigenvalue weighted by Gasteiger charge is -2.31. The number of rotatable bonds is 2. The van der Waals surface area contributed by atoms with E-state index < -0.39 is 6.04 Å².